The second-order valence-electron chi connectivity index (χ2n) is 4.57. The Labute approximate surface area is 121 Å². The molecular formula is C11H12N2O5S2. The number of thiol groups is 1. The molecule has 0 N–H and O–H groups in total. The molecule has 2 rings (SSSR count). The van der Waals surface area contributed by atoms with E-state index in [2.05, 4.69) is 12.6 Å². The van der Waals surface area contributed by atoms with Crippen LogP contribution < -0.4 is 0 Å². The first-order valence-corrected chi connectivity index (χ1v) is 7.82. The van der Waals surface area contributed by atoms with Crippen molar-refractivity contribution in [3.05, 3.63) is 33.9 Å². The third-order valence-electron chi connectivity index (χ3n) is 2.99. The maximum atomic E-state index is 12.2. The third kappa shape index (κ3) is 2.27. The summed E-state index contributed by atoms with van der Waals surface area (Å²) >= 11 is 4.06. The number of amides is 1. The first-order valence-electron chi connectivity index (χ1n) is 5.75. The van der Waals surface area contributed by atoms with Gasteiger partial charge < -0.3 is 0 Å². The molecule has 0 saturated carbocycles. The van der Waals surface area contributed by atoms with Gasteiger partial charge in [0, 0.05) is 18.7 Å². The summed E-state index contributed by atoms with van der Waals surface area (Å²) in [6.45, 7) is 1.77. The van der Waals surface area contributed by atoms with Crippen molar-refractivity contribution >= 4 is 34.2 Å². The van der Waals surface area contributed by atoms with Crippen molar-refractivity contribution in [3.8, 4) is 0 Å². The van der Waals surface area contributed by atoms with E-state index >= 15 is 0 Å². The summed E-state index contributed by atoms with van der Waals surface area (Å²) in [5, 5.41) is 10.7. The van der Waals surface area contributed by atoms with Gasteiger partial charge in [0.25, 0.3) is 21.6 Å². The monoisotopic (exact) mass is 316 g/mol. The largest absolute Gasteiger partial charge is 0.270 e. The molecular weight excluding hydrogens is 304 g/mol. The molecule has 1 atom stereocenters. The standard InChI is InChI=1S/C11H12N2O5S2/c1-7(6-19)5-12-11(14)9-4-8(13(15)16)2-3-10(9)20(12,17)18/h2-4,7,19H,5-6H2,1H3. The molecule has 1 aromatic rings. The molecule has 20 heavy (non-hydrogen) atoms. The summed E-state index contributed by atoms with van der Waals surface area (Å²) in [6, 6.07) is 3.18. The first kappa shape index (κ1) is 14.8. The van der Waals surface area contributed by atoms with Gasteiger partial charge in [-0.2, -0.15) is 12.6 Å². The Morgan fingerprint density at radius 2 is 2.10 bits per heavy atom. The van der Waals surface area contributed by atoms with E-state index in [0.717, 1.165) is 22.5 Å². The Kier molecular flexibility index (Phi) is 3.74. The number of benzene rings is 1. The maximum absolute atomic E-state index is 12.2. The van der Waals surface area contributed by atoms with E-state index in [1.807, 2.05) is 0 Å². The highest BCUT2D eigenvalue weighted by molar-refractivity contribution is 7.90. The molecule has 9 heteroatoms. The molecule has 0 aliphatic carbocycles. The smallest absolute Gasteiger partial charge is 0.268 e. The Morgan fingerprint density at radius 1 is 1.45 bits per heavy atom. The number of rotatable bonds is 4. The Bertz CT molecular complexity index is 686. The van der Waals surface area contributed by atoms with Gasteiger partial charge in [-0.05, 0) is 17.7 Å². The number of hydrogen-bond acceptors (Lipinski definition) is 6. The summed E-state index contributed by atoms with van der Waals surface area (Å²) in [7, 11) is -3.92. The van der Waals surface area contributed by atoms with Crippen molar-refractivity contribution < 1.29 is 18.1 Å². The van der Waals surface area contributed by atoms with Crippen LogP contribution in [0.15, 0.2) is 23.1 Å². The van der Waals surface area contributed by atoms with Crippen LogP contribution in [0.5, 0.6) is 0 Å². The van der Waals surface area contributed by atoms with Crippen molar-refractivity contribution in [2.45, 2.75) is 11.8 Å². The molecule has 1 heterocycles. The maximum Gasteiger partial charge on any atom is 0.270 e. The van der Waals surface area contributed by atoms with Gasteiger partial charge in [0.1, 0.15) is 4.90 Å². The summed E-state index contributed by atoms with van der Waals surface area (Å²) in [5.41, 5.74) is -0.457. The molecule has 1 aliphatic rings. The molecule has 1 aromatic carbocycles. The van der Waals surface area contributed by atoms with Gasteiger partial charge in [0.2, 0.25) is 0 Å². The Morgan fingerprint density at radius 3 is 2.65 bits per heavy atom. The zero-order chi connectivity index (χ0) is 15.1. The summed E-state index contributed by atoms with van der Waals surface area (Å²) < 4.78 is 25.2. The van der Waals surface area contributed by atoms with E-state index in [1.54, 1.807) is 6.92 Å². The number of nitro benzene ring substituents is 1. The lowest BCUT2D eigenvalue weighted by molar-refractivity contribution is -0.384. The normalized spacial score (nSPS) is 17.9. The van der Waals surface area contributed by atoms with E-state index < -0.39 is 20.9 Å². The van der Waals surface area contributed by atoms with E-state index in [9.17, 15) is 23.3 Å². The molecule has 0 radical (unpaired) electrons. The number of hydrogen-bond donors (Lipinski definition) is 1. The zero-order valence-electron chi connectivity index (χ0n) is 10.5. The van der Waals surface area contributed by atoms with E-state index in [-0.39, 0.29) is 28.6 Å². The van der Waals surface area contributed by atoms with Crippen LogP contribution in [0, 0.1) is 16.0 Å². The predicted octanol–water partition coefficient (Wildman–Crippen LogP) is 1.31. The minimum Gasteiger partial charge on any atom is -0.268 e. The van der Waals surface area contributed by atoms with Crippen LogP contribution in [0.3, 0.4) is 0 Å². The van der Waals surface area contributed by atoms with Crippen LogP contribution in [0.2, 0.25) is 0 Å². The summed E-state index contributed by atoms with van der Waals surface area (Å²) in [5.74, 6) is -0.408. The number of fused-ring (bicyclic) bond motifs is 1. The van der Waals surface area contributed by atoms with Gasteiger partial charge in [-0.3, -0.25) is 14.9 Å². The number of carbonyl (C=O) groups excluding carboxylic acids is 1. The highest BCUT2D eigenvalue weighted by Gasteiger charge is 2.42. The number of carbonyl (C=O) groups is 1. The second kappa shape index (κ2) is 5.06. The molecule has 108 valence electrons. The first-order chi connectivity index (χ1) is 9.28. The summed E-state index contributed by atoms with van der Waals surface area (Å²) in [4.78, 5) is 22.0. The zero-order valence-corrected chi connectivity index (χ0v) is 12.2. The predicted molar refractivity (Wildman–Crippen MR) is 74.3 cm³/mol. The van der Waals surface area contributed by atoms with Crippen molar-refractivity contribution in [1.82, 2.24) is 4.31 Å². The average Bonchev–Trinajstić information content (AvgIpc) is 2.59. The van der Waals surface area contributed by atoms with Crippen LogP contribution in [-0.4, -0.2) is 35.9 Å². The fraction of sp³-hybridized carbons (Fsp3) is 0.364. The Balaban J connectivity index is 2.50. The van der Waals surface area contributed by atoms with E-state index in [0.29, 0.717) is 5.75 Å². The lowest BCUT2D eigenvalue weighted by atomic mass is 10.1. The number of non-ortho nitro benzene ring substituents is 1. The van der Waals surface area contributed by atoms with Gasteiger partial charge in [0.05, 0.1) is 10.5 Å². The van der Waals surface area contributed by atoms with Gasteiger partial charge >= 0.3 is 0 Å². The van der Waals surface area contributed by atoms with Crippen molar-refractivity contribution in [2.75, 3.05) is 12.3 Å². The van der Waals surface area contributed by atoms with Crippen LogP contribution in [0.1, 0.15) is 17.3 Å². The lowest BCUT2D eigenvalue weighted by Gasteiger charge is -2.18. The third-order valence-corrected chi connectivity index (χ3v) is 5.42. The number of sulfonamides is 1. The Hall–Kier alpha value is -1.61. The van der Waals surface area contributed by atoms with Gasteiger partial charge in [0.15, 0.2) is 0 Å². The fourth-order valence-corrected chi connectivity index (χ4v) is 3.69. The van der Waals surface area contributed by atoms with Crippen molar-refractivity contribution in [3.63, 3.8) is 0 Å². The minimum atomic E-state index is -3.92. The van der Waals surface area contributed by atoms with E-state index in [4.69, 9.17) is 0 Å². The molecule has 0 spiro atoms. The SMILES string of the molecule is CC(CS)CN1C(=O)c2cc([N+](=O)[O-])ccc2S1(=O)=O. The second-order valence-corrected chi connectivity index (χ2v) is 6.76. The molecule has 1 amide bonds. The lowest BCUT2D eigenvalue weighted by Crippen LogP contribution is -2.34. The number of nitrogens with zero attached hydrogens (tertiary/aromatic N) is 2. The quantitative estimate of drug-likeness (QED) is 0.513. The van der Waals surface area contributed by atoms with Crippen LogP contribution >= 0.6 is 12.6 Å². The van der Waals surface area contributed by atoms with E-state index in [1.165, 1.54) is 0 Å². The molecule has 0 saturated heterocycles. The average molecular weight is 316 g/mol. The molecule has 7 nitrogen and oxygen atoms in total. The summed E-state index contributed by atoms with van der Waals surface area (Å²) in [6.07, 6.45) is 0. The van der Waals surface area contributed by atoms with Gasteiger partial charge in [-0.25, -0.2) is 12.7 Å². The van der Waals surface area contributed by atoms with Crippen molar-refractivity contribution in [2.24, 2.45) is 5.92 Å². The fourth-order valence-electron chi connectivity index (χ4n) is 1.91. The van der Waals surface area contributed by atoms with Gasteiger partial charge in [-0.15, -0.1) is 0 Å². The molecule has 1 aliphatic heterocycles. The molecule has 1 unspecified atom stereocenters. The van der Waals surface area contributed by atoms with Crippen molar-refractivity contribution in [1.29, 1.82) is 0 Å². The minimum absolute atomic E-state index is 0.00709. The van der Waals surface area contributed by atoms with Crippen LogP contribution in [-0.2, 0) is 10.0 Å². The molecule has 0 aromatic heterocycles. The highest BCUT2D eigenvalue weighted by Crippen LogP contribution is 2.33. The number of nitro groups is 1. The topological polar surface area (TPSA) is 97.6 Å². The van der Waals surface area contributed by atoms with Crippen LogP contribution in [0.4, 0.5) is 5.69 Å². The molecule has 0 bridgehead atoms. The molecule has 0 fully saturated rings. The van der Waals surface area contributed by atoms with Crippen LogP contribution in [0.25, 0.3) is 0 Å². The highest BCUT2D eigenvalue weighted by atomic mass is 32.2. The van der Waals surface area contributed by atoms with Gasteiger partial charge in [-0.1, -0.05) is 6.92 Å².